The van der Waals surface area contributed by atoms with Gasteiger partial charge in [0.15, 0.2) is 5.96 Å². The Morgan fingerprint density at radius 2 is 1.21 bits per heavy atom. The second-order valence-corrected chi connectivity index (χ2v) is 14.9. The van der Waals surface area contributed by atoms with Crippen molar-refractivity contribution in [2.45, 2.75) is 124 Å². The van der Waals surface area contributed by atoms with Crippen molar-refractivity contribution in [3.63, 3.8) is 0 Å². The Kier molecular flexibility index (Phi) is 21.7. The van der Waals surface area contributed by atoms with Crippen LogP contribution in [0.3, 0.4) is 0 Å². The van der Waals surface area contributed by atoms with Gasteiger partial charge in [-0.2, -0.15) is 0 Å². The molecular formula is C37H64N12O7. The zero-order valence-corrected chi connectivity index (χ0v) is 34.0. The Labute approximate surface area is 329 Å². The predicted molar refractivity (Wildman–Crippen MR) is 211 cm³/mol. The molecule has 0 fully saturated rings. The van der Waals surface area contributed by atoms with Crippen LogP contribution in [-0.2, 0) is 28.8 Å². The van der Waals surface area contributed by atoms with Gasteiger partial charge in [-0.25, -0.2) is 4.98 Å². The van der Waals surface area contributed by atoms with Crippen LogP contribution < -0.4 is 49.1 Å². The topological polar surface area (TPSA) is 308 Å². The molecule has 7 amide bonds. The summed E-state index contributed by atoms with van der Waals surface area (Å²) in [6.45, 7) is 14.3. The van der Waals surface area contributed by atoms with Crippen LogP contribution >= 0.6 is 0 Å². The van der Waals surface area contributed by atoms with Crippen LogP contribution in [0.15, 0.2) is 23.6 Å². The van der Waals surface area contributed by atoms with Crippen LogP contribution in [0.4, 0.5) is 0 Å². The van der Waals surface area contributed by atoms with E-state index in [-0.39, 0.29) is 67.6 Å². The smallest absolute Gasteiger partial charge is 0.272 e. The van der Waals surface area contributed by atoms with Crippen molar-refractivity contribution >= 4 is 47.3 Å². The Balaban J connectivity index is 3.15. The van der Waals surface area contributed by atoms with E-state index in [0.29, 0.717) is 12.8 Å². The third kappa shape index (κ3) is 17.9. The molecule has 0 saturated heterocycles. The molecular weight excluding hydrogens is 724 g/mol. The highest BCUT2D eigenvalue weighted by Crippen LogP contribution is 2.13. The van der Waals surface area contributed by atoms with Gasteiger partial charge in [0.1, 0.15) is 35.9 Å². The minimum Gasteiger partial charge on any atom is -0.370 e. The monoisotopic (exact) mass is 789 g/mol. The molecule has 0 unspecified atom stereocenters. The first-order chi connectivity index (χ1) is 26.3. The molecule has 12 N–H and O–H groups in total. The van der Waals surface area contributed by atoms with Crippen molar-refractivity contribution in [3.05, 3.63) is 24.3 Å². The summed E-state index contributed by atoms with van der Waals surface area (Å²) in [7, 11) is 0. The summed E-state index contributed by atoms with van der Waals surface area (Å²) in [5.74, 6) is -5.37. The molecule has 0 saturated carbocycles. The standard InChI is InChI=1S/C37H64N12O7/c1-9-22(7)29(31(38)51)48-33(53)25(16-20(3)4)46-32(52)24(12-11-13-43-37(39)40)45-28(50)19-44-36(56)30(23(8)10-2)49-34(54)26(17-21(5)6)47-35(55)27-18-41-14-15-42-27/h14-15,18,20-26,29-30H,9-13,16-17,19H2,1-8H3,(H2,38,51)(H,44,56)(H,45,50)(H,46,52)(H,47,55)(H,48,53)(H,49,54)(H4,39,40,43)/t22-,23-,24-,25-,26-,29-,30-/m0/s1. The Hall–Kier alpha value is -5.36. The van der Waals surface area contributed by atoms with Gasteiger partial charge >= 0.3 is 0 Å². The summed E-state index contributed by atoms with van der Waals surface area (Å²) in [6.07, 6.45) is 5.93. The van der Waals surface area contributed by atoms with Gasteiger partial charge in [-0.05, 0) is 49.4 Å². The number of primary amides is 1. The van der Waals surface area contributed by atoms with Gasteiger partial charge in [0, 0.05) is 18.9 Å². The lowest BCUT2D eigenvalue weighted by Gasteiger charge is -2.28. The van der Waals surface area contributed by atoms with E-state index in [0.717, 1.165) is 0 Å². The molecule has 0 aliphatic heterocycles. The van der Waals surface area contributed by atoms with E-state index in [1.165, 1.54) is 18.6 Å². The molecule has 0 aliphatic carbocycles. The van der Waals surface area contributed by atoms with Crippen molar-refractivity contribution < 1.29 is 33.6 Å². The number of nitrogens with two attached hydrogens (primary N) is 3. The first-order valence-electron chi connectivity index (χ1n) is 19.2. The van der Waals surface area contributed by atoms with Gasteiger partial charge in [0.05, 0.1) is 12.7 Å². The lowest BCUT2D eigenvalue weighted by Crippen LogP contribution is -2.58. The van der Waals surface area contributed by atoms with E-state index >= 15 is 0 Å². The highest BCUT2D eigenvalue weighted by Gasteiger charge is 2.33. The van der Waals surface area contributed by atoms with Crippen molar-refractivity contribution in [2.75, 3.05) is 13.1 Å². The molecule has 1 rings (SSSR count). The van der Waals surface area contributed by atoms with Crippen molar-refractivity contribution in [1.82, 2.24) is 41.9 Å². The highest BCUT2D eigenvalue weighted by molar-refractivity contribution is 5.98. The Morgan fingerprint density at radius 1 is 0.679 bits per heavy atom. The number of guanidine groups is 1. The number of amides is 7. The zero-order valence-electron chi connectivity index (χ0n) is 34.0. The molecule has 19 heteroatoms. The second-order valence-electron chi connectivity index (χ2n) is 14.9. The normalized spacial score (nSPS) is 14.8. The Bertz CT molecular complexity index is 1490. The van der Waals surface area contributed by atoms with E-state index in [4.69, 9.17) is 17.2 Å². The summed E-state index contributed by atoms with van der Waals surface area (Å²) >= 11 is 0. The molecule has 1 aromatic rings. The van der Waals surface area contributed by atoms with E-state index in [1.54, 1.807) is 13.8 Å². The minimum atomic E-state index is -1.17. The van der Waals surface area contributed by atoms with Crippen molar-refractivity contribution in [1.29, 1.82) is 0 Å². The first-order valence-corrected chi connectivity index (χ1v) is 19.2. The summed E-state index contributed by atoms with van der Waals surface area (Å²) in [4.78, 5) is 104. The third-order valence-corrected chi connectivity index (χ3v) is 9.10. The molecule has 7 atom stereocenters. The summed E-state index contributed by atoms with van der Waals surface area (Å²) in [6, 6.07) is -5.25. The maximum absolute atomic E-state index is 13.7. The number of rotatable bonds is 25. The fraction of sp³-hybridized carbons (Fsp3) is 0.676. The first kappa shape index (κ1) is 48.7. The number of aliphatic imine (C=N–C) groups is 1. The minimum absolute atomic E-state index is 0.00365. The average Bonchev–Trinajstić information content (AvgIpc) is 3.14. The molecule has 0 aromatic carbocycles. The zero-order chi connectivity index (χ0) is 42.5. The Morgan fingerprint density at radius 3 is 1.71 bits per heavy atom. The van der Waals surface area contributed by atoms with E-state index in [9.17, 15) is 33.6 Å². The molecule has 314 valence electrons. The van der Waals surface area contributed by atoms with Gasteiger partial charge in [-0.15, -0.1) is 0 Å². The third-order valence-electron chi connectivity index (χ3n) is 9.10. The van der Waals surface area contributed by atoms with E-state index in [1.807, 2.05) is 41.5 Å². The molecule has 0 bridgehead atoms. The predicted octanol–water partition coefficient (Wildman–Crippen LogP) is -0.646. The number of nitrogens with one attached hydrogen (secondary N) is 6. The van der Waals surface area contributed by atoms with Gasteiger partial charge < -0.3 is 49.1 Å². The van der Waals surface area contributed by atoms with Gasteiger partial charge in [-0.1, -0.05) is 68.2 Å². The van der Waals surface area contributed by atoms with Gasteiger partial charge in [-0.3, -0.25) is 43.5 Å². The van der Waals surface area contributed by atoms with Crippen LogP contribution in [0.25, 0.3) is 0 Å². The van der Waals surface area contributed by atoms with Crippen LogP contribution in [0.1, 0.15) is 104 Å². The molecule has 19 nitrogen and oxygen atoms in total. The lowest BCUT2D eigenvalue weighted by atomic mass is 9.96. The number of hydrogen-bond acceptors (Lipinski definition) is 10. The molecule has 56 heavy (non-hydrogen) atoms. The van der Waals surface area contributed by atoms with Crippen molar-refractivity contribution in [3.8, 4) is 0 Å². The second kappa shape index (κ2) is 24.9. The lowest BCUT2D eigenvalue weighted by molar-refractivity contribution is -0.134. The van der Waals surface area contributed by atoms with E-state index in [2.05, 4.69) is 46.9 Å². The van der Waals surface area contributed by atoms with Crippen LogP contribution in [0.5, 0.6) is 0 Å². The number of nitrogens with zero attached hydrogens (tertiary/aromatic N) is 3. The number of aromatic nitrogens is 2. The fourth-order valence-corrected chi connectivity index (χ4v) is 5.56. The largest absolute Gasteiger partial charge is 0.370 e. The average molecular weight is 789 g/mol. The van der Waals surface area contributed by atoms with Gasteiger partial charge in [0.25, 0.3) is 5.91 Å². The summed E-state index contributed by atoms with van der Waals surface area (Å²) in [5, 5.41) is 15.9. The highest BCUT2D eigenvalue weighted by atomic mass is 16.2. The van der Waals surface area contributed by atoms with Crippen molar-refractivity contribution in [2.24, 2.45) is 45.9 Å². The maximum atomic E-state index is 13.7. The number of carbonyl (C=O) groups excluding carboxylic acids is 7. The summed E-state index contributed by atoms with van der Waals surface area (Å²) in [5.41, 5.74) is 16.4. The SMILES string of the molecule is CC[C@H](C)[C@H](NC(=O)[C@H](CC(C)C)NC(=O)[C@H](CCCN=C(N)N)NC(=O)CNC(=O)[C@@H](NC(=O)[C@H](CC(C)C)NC(=O)c1cnccn1)[C@@H](C)CC)C(N)=O. The molecule has 1 aromatic heterocycles. The maximum Gasteiger partial charge on any atom is 0.272 e. The van der Waals surface area contributed by atoms with Gasteiger partial charge in [0.2, 0.25) is 35.4 Å². The molecule has 1 heterocycles. The summed E-state index contributed by atoms with van der Waals surface area (Å²) < 4.78 is 0. The number of carbonyl (C=O) groups is 7. The molecule has 0 aliphatic rings. The van der Waals surface area contributed by atoms with E-state index < -0.39 is 78.1 Å². The molecule has 0 spiro atoms. The quantitative estimate of drug-likeness (QED) is 0.0341. The van der Waals surface area contributed by atoms with Crippen LogP contribution in [0, 0.1) is 23.7 Å². The van der Waals surface area contributed by atoms with Crippen LogP contribution in [-0.4, -0.2) is 101 Å². The van der Waals surface area contributed by atoms with Crippen LogP contribution in [0.2, 0.25) is 0 Å². The fourth-order valence-electron chi connectivity index (χ4n) is 5.56. The molecule has 0 radical (unpaired) electrons. The number of hydrogen-bond donors (Lipinski definition) is 9.